The molecule has 6 nitrogen and oxygen atoms in total. The van der Waals surface area contributed by atoms with Gasteiger partial charge in [0.25, 0.3) is 5.91 Å². The molecule has 1 aromatic heterocycles. The van der Waals surface area contributed by atoms with E-state index < -0.39 is 0 Å². The number of benzene rings is 1. The van der Waals surface area contributed by atoms with Crippen LogP contribution in [0.4, 0.5) is 5.82 Å². The summed E-state index contributed by atoms with van der Waals surface area (Å²) in [6.45, 7) is 0.830. The smallest absolute Gasteiger partial charge is 0.252 e. The Kier molecular flexibility index (Phi) is 4.91. The molecule has 0 spiro atoms. The maximum atomic E-state index is 11.8. The van der Waals surface area contributed by atoms with Crippen molar-refractivity contribution in [2.24, 2.45) is 5.84 Å². The molecule has 1 amide bonds. The number of amides is 1. The Hall–Kier alpha value is -2.60. The van der Waals surface area contributed by atoms with Crippen LogP contribution < -0.4 is 21.3 Å². The van der Waals surface area contributed by atoms with Crippen LogP contribution in [0.15, 0.2) is 48.7 Å². The number of anilines is 1. The number of hydrazine groups is 1. The molecule has 4 N–H and O–H groups in total. The maximum absolute atomic E-state index is 11.8. The van der Waals surface area contributed by atoms with Gasteiger partial charge in [-0.25, -0.2) is 10.8 Å². The van der Waals surface area contributed by atoms with Crippen molar-refractivity contribution >= 4 is 11.7 Å². The van der Waals surface area contributed by atoms with Gasteiger partial charge in [-0.3, -0.25) is 4.79 Å². The second-order valence-corrected chi connectivity index (χ2v) is 3.99. The van der Waals surface area contributed by atoms with Crippen LogP contribution in [0.5, 0.6) is 5.75 Å². The number of hydrogen-bond donors (Lipinski definition) is 3. The first-order valence-corrected chi connectivity index (χ1v) is 6.18. The second-order valence-electron chi connectivity index (χ2n) is 3.99. The highest BCUT2D eigenvalue weighted by Crippen LogP contribution is 2.07. The van der Waals surface area contributed by atoms with Gasteiger partial charge < -0.3 is 15.5 Å². The lowest BCUT2D eigenvalue weighted by molar-refractivity contribution is 0.0946. The number of aromatic nitrogens is 1. The quantitative estimate of drug-likeness (QED) is 0.417. The van der Waals surface area contributed by atoms with Crippen LogP contribution in [0.1, 0.15) is 10.4 Å². The first kappa shape index (κ1) is 13.8. The zero-order valence-electron chi connectivity index (χ0n) is 10.9. The molecule has 0 saturated carbocycles. The summed E-state index contributed by atoms with van der Waals surface area (Å²) in [6.07, 6.45) is 1.46. The Bertz CT molecular complexity index is 543. The Morgan fingerprint density at radius 2 is 2.00 bits per heavy atom. The van der Waals surface area contributed by atoms with E-state index in [2.05, 4.69) is 15.7 Å². The van der Waals surface area contributed by atoms with Crippen molar-refractivity contribution < 1.29 is 9.53 Å². The first-order valence-electron chi connectivity index (χ1n) is 6.18. The highest BCUT2D eigenvalue weighted by atomic mass is 16.5. The van der Waals surface area contributed by atoms with Crippen molar-refractivity contribution in [1.29, 1.82) is 0 Å². The Morgan fingerprint density at radius 1 is 1.20 bits per heavy atom. The van der Waals surface area contributed by atoms with Gasteiger partial charge in [0.1, 0.15) is 18.2 Å². The normalized spacial score (nSPS) is 9.85. The molecule has 0 fully saturated rings. The molecule has 0 saturated heterocycles. The summed E-state index contributed by atoms with van der Waals surface area (Å²) in [7, 11) is 0. The lowest BCUT2D eigenvalue weighted by Gasteiger charge is -2.07. The van der Waals surface area contributed by atoms with Gasteiger partial charge in [0, 0.05) is 6.20 Å². The van der Waals surface area contributed by atoms with Crippen molar-refractivity contribution in [1.82, 2.24) is 10.3 Å². The van der Waals surface area contributed by atoms with Crippen molar-refractivity contribution in [3.8, 4) is 5.75 Å². The van der Waals surface area contributed by atoms with E-state index in [-0.39, 0.29) is 5.91 Å². The third kappa shape index (κ3) is 3.96. The fourth-order valence-corrected chi connectivity index (χ4v) is 1.57. The van der Waals surface area contributed by atoms with Crippen LogP contribution in [0.25, 0.3) is 0 Å². The van der Waals surface area contributed by atoms with Crippen LogP contribution in [-0.4, -0.2) is 24.0 Å². The summed E-state index contributed by atoms with van der Waals surface area (Å²) >= 11 is 0. The van der Waals surface area contributed by atoms with Crippen LogP contribution in [-0.2, 0) is 0 Å². The minimum atomic E-state index is -0.197. The molecule has 0 unspecified atom stereocenters. The molecule has 1 aromatic carbocycles. The van der Waals surface area contributed by atoms with Crippen LogP contribution in [0.3, 0.4) is 0 Å². The minimum absolute atomic E-state index is 0.197. The first-order chi connectivity index (χ1) is 9.79. The van der Waals surface area contributed by atoms with E-state index in [4.69, 9.17) is 10.6 Å². The number of rotatable bonds is 6. The number of nitrogens with two attached hydrogens (primary N) is 1. The average Bonchev–Trinajstić information content (AvgIpc) is 2.52. The van der Waals surface area contributed by atoms with Crippen LogP contribution in [0.2, 0.25) is 0 Å². The van der Waals surface area contributed by atoms with Gasteiger partial charge in [-0.05, 0) is 24.3 Å². The van der Waals surface area contributed by atoms with Crippen molar-refractivity contribution in [2.45, 2.75) is 0 Å². The van der Waals surface area contributed by atoms with E-state index in [0.29, 0.717) is 24.5 Å². The number of nitrogen functional groups attached to an aromatic ring is 1. The zero-order chi connectivity index (χ0) is 14.2. The predicted octanol–water partition coefficient (Wildman–Crippen LogP) is 1.18. The Morgan fingerprint density at radius 3 is 2.65 bits per heavy atom. The molecule has 20 heavy (non-hydrogen) atoms. The summed E-state index contributed by atoms with van der Waals surface area (Å²) in [5, 5.41) is 2.75. The number of pyridine rings is 1. The molecule has 2 rings (SSSR count). The number of nitrogens with zero attached hydrogens (tertiary/aromatic N) is 1. The molecule has 0 bridgehead atoms. The largest absolute Gasteiger partial charge is 0.492 e. The summed E-state index contributed by atoms with van der Waals surface area (Å²) in [5.74, 6) is 6.29. The standard InChI is InChI=1S/C14H16N4O2/c15-18-13-7-6-11(10-17-13)14(19)16-8-9-20-12-4-2-1-3-5-12/h1-7,10H,8-9,15H2,(H,16,19)(H,17,18). The van der Waals surface area contributed by atoms with E-state index in [1.165, 1.54) is 6.20 Å². The van der Waals surface area contributed by atoms with Crippen LogP contribution in [0, 0.1) is 0 Å². The van der Waals surface area contributed by atoms with Crippen LogP contribution >= 0.6 is 0 Å². The SMILES string of the molecule is NNc1ccc(C(=O)NCCOc2ccccc2)cn1. The molecule has 104 valence electrons. The van der Waals surface area contributed by atoms with Crippen molar-refractivity contribution in [2.75, 3.05) is 18.6 Å². The van der Waals surface area contributed by atoms with E-state index in [9.17, 15) is 4.79 Å². The number of ether oxygens (including phenoxy) is 1. The number of carbonyl (C=O) groups is 1. The predicted molar refractivity (Wildman–Crippen MR) is 76.3 cm³/mol. The third-order valence-electron chi connectivity index (χ3n) is 2.57. The topological polar surface area (TPSA) is 89.3 Å². The summed E-state index contributed by atoms with van der Waals surface area (Å²) in [6, 6.07) is 12.7. The highest BCUT2D eigenvalue weighted by molar-refractivity contribution is 5.94. The molecule has 0 radical (unpaired) electrons. The van der Waals surface area contributed by atoms with E-state index in [1.54, 1.807) is 12.1 Å². The molecule has 2 aromatic rings. The molecule has 0 aliphatic carbocycles. The molecule has 6 heteroatoms. The van der Waals surface area contributed by atoms with E-state index in [1.807, 2.05) is 30.3 Å². The number of para-hydroxylation sites is 1. The Balaban J connectivity index is 1.74. The number of carbonyl (C=O) groups excluding carboxylic acids is 1. The third-order valence-corrected chi connectivity index (χ3v) is 2.57. The fourth-order valence-electron chi connectivity index (χ4n) is 1.57. The van der Waals surface area contributed by atoms with Crippen molar-refractivity contribution in [3.63, 3.8) is 0 Å². The molecular weight excluding hydrogens is 256 g/mol. The minimum Gasteiger partial charge on any atom is -0.492 e. The fraction of sp³-hybridized carbons (Fsp3) is 0.143. The molecule has 0 atom stereocenters. The lowest BCUT2D eigenvalue weighted by Crippen LogP contribution is -2.28. The second kappa shape index (κ2) is 7.10. The van der Waals surface area contributed by atoms with Crippen molar-refractivity contribution in [3.05, 3.63) is 54.2 Å². The number of hydrogen-bond acceptors (Lipinski definition) is 5. The van der Waals surface area contributed by atoms with Gasteiger partial charge in [-0.2, -0.15) is 0 Å². The van der Waals surface area contributed by atoms with Gasteiger partial charge in [-0.15, -0.1) is 0 Å². The monoisotopic (exact) mass is 272 g/mol. The lowest BCUT2D eigenvalue weighted by atomic mass is 10.2. The average molecular weight is 272 g/mol. The molecular formula is C14H16N4O2. The Labute approximate surface area is 116 Å². The molecule has 0 aliphatic heterocycles. The van der Waals surface area contributed by atoms with E-state index >= 15 is 0 Å². The highest BCUT2D eigenvalue weighted by Gasteiger charge is 2.05. The van der Waals surface area contributed by atoms with Gasteiger partial charge in [0.15, 0.2) is 0 Å². The maximum Gasteiger partial charge on any atom is 0.252 e. The summed E-state index contributed by atoms with van der Waals surface area (Å²) in [4.78, 5) is 15.8. The van der Waals surface area contributed by atoms with Gasteiger partial charge in [0.05, 0.1) is 12.1 Å². The van der Waals surface area contributed by atoms with Gasteiger partial charge >= 0.3 is 0 Å². The number of nitrogens with one attached hydrogen (secondary N) is 2. The molecule has 1 heterocycles. The zero-order valence-corrected chi connectivity index (χ0v) is 10.9. The van der Waals surface area contributed by atoms with Gasteiger partial charge in [-0.1, -0.05) is 18.2 Å². The molecule has 0 aliphatic rings. The summed E-state index contributed by atoms with van der Waals surface area (Å²) < 4.78 is 5.47. The van der Waals surface area contributed by atoms with Gasteiger partial charge in [0.2, 0.25) is 0 Å². The summed E-state index contributed by atoms with van der Waals surface area (Å²) in [5.41, 5.74) is 2.88. The van der Waals surface area contributed by atoms with E-state index in [0.717, 1.165) is 5.75 Å².